The van der Waals surface area contributed by atoms with Crippen LogP contribution in [0.5, 0.6) is 0 Å². The minimum atomic E-state index is -1.37. The monoisotopic (exact) mass is 200 g/mol. The molecule has 5 nitrogen and oxygen atoms in total. The second-order valence-electron chi connectivity index (χ2n) is 3.56. The van der Waals surface area contributed by atoms with Crippen molar-refractivity contribution in [3.05, 3.63) is 0 Å². The summed E-state index contributed by atoms with van der Waals surface area (Å²) in [4.78, 5) is 23.0. The van der Waals surface area contributed by atoms with Crippen molar-refractivity contribution in [2.75, 3.05) is 20.1 Å². The van der Waals surface area contributed by atoms with Gasteiger partial charge in [-0.05, 0) is 32.4 Å². The number of hydrogen-bond acceptors (Lipinski definition) is 3. The Labute approximate surface area is 83.1 Å². The van der Waals surface area contributed by atoms with Gasteiger partial charge < -0.3 is 15.3 Å². The Balaban J connectivity index is 2.53. The summed E-state index contributed by atoms with van der Waals surface area (Å²) in [6, 6.07) is 0.0635. The molecule has 1 atom stereocenters. The first-order valence-corrected chi connectivity index (χ1v) is 4.83. The zero-order valence-corrected chi connectivity index (χ0v) is 8.32. The fourth-order valence-corrected chi connectivity index (χ4v) is 1.70. The molecule has 2 N–H and O–H groups in total. The van der Waals surface area contributed by atoms with E-state index < -0.39 is 11.9 Å². The maximum Gasteiger partial charge on any atom is 0.394 e. The van der Waals surface area contributed by atoms with Crippen LogP contribution < -0.4 is 5.32 Å². The minimum Gasteiger partial charge on any atom is -0.474 e. The molecule has 1 aliphatic heterocycles. The van der Waals surface area contributed by atoms with Gasteiger partial charge in [-0.3, -0.25) is 4.79 Å². The van der Waals surface area contributed by atoms with Crippen molar-refractivity contribution in [1.29, 1.82) is 0 Å². The number of nitrogens with zero attached hydrogens (tertiary/aromatic N) is 1. The largest absolute Gasteiger partial charge is 0.474 e. The second kappa shape index (κ2) is 4.95. The molecule has 14 heavy (non-hydrogen) atoms. The molecule has 0 aromatic rings. The lowest BCUT2D eigenvalue weighted by molar-refractivity contribution is -0.156. The van der Waals surface area contributed by atoms with Crippen LogP contribution in [0, 0.1) is 0 Å². The van der Waals surface area contributed by atoms with E-state index in [9.17, 15) is 9.59 Å². The van der Waals surface area contributed by atoms with Crippen molar-refractivity contribution < 1.29 is 14.7 Å². The van der Waals surface area contributed by atoms with Gasteiger partial charge in [0.15, 0.2) is 0 Å². The van der Waals surface area contributed by atoms with E-state index in [1.165, 1.54) is 4.90 Å². The van der Waals surface area contributed by atoms with E-state index in [-0.39, 0.29) is 6.04 Å². The molecule has 1 saturated heterocycles. The van der Waals surface area contributed by atoms with Crippen molar-refractivity contribution in [3.63, 3.8) is 0 Å². The first kappa shape index (κ1) is 11.0. The van der Waals surface area contributed by atoms with Gasteiger partial charge >= 0.3 is 11.9 Å². The summed E-state index contributed by atoms with van der Waals surface area (Å²) in [6.07, 6.45) is 2.69. The zero-order valence-electron chi connectivity index (χ0n) is 8.32. The van der Waals surface area contributed by atoms with Crippen LogP contribution >= 0.6 is 0 Å². The molecule has 1 aliphatic rings. The Morgan fingerprint density at radius 2 is 2.07 bits per heavy atom. The van der Waals surface area contributed by atoms with Gasteiger partial charge in [0, 0.05) is 13.1 Å². The molecule has 0 radical (unpaired) electrons. The van der Waals surface area contributed by atoms with Gasteiger partial charge in [-0.25, -0.2) is 4.79 Å². The van der Waals surface area contributed by atoms with Gasteiger partial charge in [0.1, 0.15) is 0 Å². The molecular formula is C9H16N2O3. The summed E-state index contributed by atoms with van der Waals surface area (Å²) in [5, 5.41) is 11.8. The first-order chi connectivity index (χ1) is 6.63. The fourth-order valence-electron chi connectivity index (χ4n) is 1.70. The van der Waals surface area contributed by atoms with E-state index in [2.05, 4.69) is 5.32 Å². The average molecular weight is 200 g/mol. The van der Waals surface area contributed by atoms with E-state index in [1.807, 2.05) is 0 Å². The molecule has 1 rings (SSSR count). The van der Waals surface area contributed by atoms with Crippen molar-refractivity contribution in [3.8, 4) is 0 Å². The quantitative estimate of drug-likeness (QED) is 0.569. The molecule has 1 fully saturated rings. The lowest BCUT2D eigenvalue weighted by Crippen LogP contribution is -2.41. The topological polar surface area (TPSA) is 69.6 Å². The normalized spacial score (nSPS) is 22.5. The van der Waals surface area contributed by atoms with Crippen LogP contribution in [0.3, 0.4) is 0 Å². The number of carbonyl (C=O) groups is 2. The summed E-state index contributed by atoms with van der Waals surface area (Å²) >= 11 is 0. The number of carboxylic acids is 1. The van der Waals surface area contributed by atoms with Gasteiger partial charge in [-0.1, -0.05) is 0 Å². The van der Waals surface area contributed by atoms with E-state index in [0.717, 1.165) is 32.4 Å². The highest BCUT2D eigenvalue weighted by atomic mass is 16.4. The Morgan fingerprint density at radius 3 is 2.71 bits per heavy atom. The summed E-state index contributed by atoms with van der Waals surface area (Å²) in [5.41, 5.74) is 0. The number of carboxylic acid groups (broad SMARTS) is 1. The van der Waals surface area contributed by atoms with E-state index >= 15 is 0 Å². The van der Waals surface area contributed by atoms with Gasteiger partial charge in [0.2, 0.25) is 0 Å². The van der Waals surface area contributed by atoms with Crippen LogP contribution in [-0.4, -0.2) is 48.1 Å². The summed E-state index contributed by atoms with van der Waals surface area (Å²) in [5.74, 6) is -2.18. The summed E-state index contributed by atoms with van der Waals surface area (Å²) in [7, 11) is 1.56. The third-order valence-electron chi connectivity index (χ3n) is 2.60. The van der Waals surface area contributed by atoms with Crippen LogP contribution in [0.1, 0.15) is 19.3 Å². The predicted octanol–water partition coefficient (Wildman–Crippen LogP) is -0.328. The maximum absolute atomic E-state index is 11.2. The molecule has 5 heteroatoms. The highest BCUT2D eigenvalue weighted by Gasteiger charge is 2.25. The van der Waals surface area contributed by atoms with Gasteiger partial charge in [0.05, 0.1) is 0 Å². The average Bonchev–Trinajstić information content (AvgIpc) is 2.43. The number of hydrogen-bond donors (Lipinski definition) is 2. The van der Waals surface area contributed by atoms with Crippen LogP contribution in [0.2, 0.25) is 0 Å². The lowest BCUT2D eigenvalue weighted by atomic mass is 10.1. The standard InChI is InChI=1S/C9H16N2O3/c1-11(8(12)9(13)14)7-3-2-5-10-6-4-7/h7,10H,2-6H2,1H3,(H,13,14). The molecule has 1 unspecified atom stereocenters. The second-order valence-corrected chi connectivity index (χ2v) is 3.56. The molecule has 0 spiro atoms. The number of rotatable bonds is 1. The number of aliphatic carboxylic acids is 1. The lowest BCUT2D eigenvalue weighted by Gasteiger charge is -2.25. The molecule has 0 aliphatic carbocycles. The number of carbonyl (C=O) groups excluding carboxylic acids is 1. The Morgan fingerprint density at radius 1 is 1.36 bits per heavy atom. The Kier molecular flexibility index (Phi) is 3.88. The molecule has 1 heterocycles. The van der Waals surface area contributed by atoms with Crippen LogP contribution in [-0.2, 0) is 9.59 Å². The van der Waals surface area contributed by atoms with Crippen LogP contribution in [0.15, 0.2) is 0 Å². The number of amides is 1. The Bertz CT molecular complexity index is 222. The van der Waals surface area contributed by atoms with Crippen molar-refractivity contribution in [2.24, 2.45) is 0 Å². The predicted molar refractivity (Wildman–Crippen MR) is 50.9 cm³/mol. The number of nitrogens with one attached hydrogen (secondary N) is 1. The highest BCUT2D eigenvalue weighted by Crippen LogP contribution is 2.11. The van der Waals surface area contributed by atoms with Crippen molar-refractivity contribution in [1.82, 2.24) is 10.2 Å². The summed E-state index contributed by atoms with van der Waals surface area (Å²) in [6.45, 7) is 1.80. The third-order valence-corrected chi connectivity index (χ3v) is 2.60. The maximum atomic E-state index is 11.2. The molecule has 0 bridgehead atoms. The zero-order chi connectivity index (χ0) is 10.6. The minimum absolute atomic E-state index is 0.0635. The van der Waals surface area contributed by atoms with E-state index in [0.29, 0.717) is 0 Å². The fraction of sp³-hybridized carbons (Fsp3) is 0.778. The smallest absolute Gasteiger partial charge is 0.394 e. The van der Waals surface area contributed by atoms with Gasteiger partial charge in [-0.2, -0.15) is 0 Å². The third kappa shape index (κ3) is 2.70. The first-order valence-electron chi connectivity index (χ1n) is 4.83. The van der Waals surface area contributed by atoms with Gasteiger partial charge in [0.25, 0.3) is 0 Å². The highest BCUT2D eigenvalue weighted by molar-refractivity contribution is 6.31. The van der Waals surface area contributed by atoms with E-state index in [4.69, 9.17) is 5.11 Å². The summed E-state index contributed by atoms with van der Waals surface area (Å²) < 4.78 is 0. The Hall–Kier alpha value is -1.10. The number of likely N-dealkylation sites (N-methyl/N-ethyl adjacent to an activating group) is 1. The van der Waals surface area contributed by atoms with Crippen LogP contribution in [0.25, 0.3) is 0 Å². The van der Waals surface area contributed by atoms with Crippen molar-refractivity contribution >= 4 is 11.9 Å². The molecule has 1 amide bonds. The molecule has 0 aromatic carbocycles. The van der Waals surface area contributed by atoms with Gasteiger partial charge in [-0.15, -0.1) is 0 Å². The molecule has 0 aromatic heterocycles. The molecule has 80 valence electrons. The van der Waals surface area contributed by atoms with E-state index in [1.54, 1.807) is 7.05 Å². The molecular weight excluding hydrogens is 184 g/mol. The van der Waals surface area contributed by atoms with Crippen LogP contribution in [0.4, 0.5) is 0 Å². The SMILES string of the molecule is CN(C(=O)C(=O)O)C1CCCNCC1. The molecule has 0 saturated carbocycles. The van der Waals surface area contributed by atoms with Crippen molar-refractivity contribution in [2.45, 2.75) is 25.3 Å².